The standard InChI is InChI=1S/C12H22N4O.HI/c1-6-8-14-11(13-7-2)15-9-10(17)16-12(3,4)5;/h1H,7-9H2,2-5H3,(H,16,17)(H2,13,14,15);1H. The molecule has 0 aromatic heterocycles. The van der Waals surface area contributed by atoms with Crippen molar-refractivity contribution >= 4 is 35.8 Å². The molecule has 0 rings (SSSR count). The van der Waals surface area contributed by atoms with Crippen LogP contribution >= 0.6 is 24.0 Å². The van der Waals surface area contributed by atoms with Gasteiger partial charge in [-0.05, 0) is 27.7 Å². The van der Waals surface area contributed by atoms with Crippen LogP contribution in [0.15, 0.2) is 4.99 Å². The maximum absolute atomic E-state index is 11.5. The first kappa shape index (κ1) is 19.4. The molecule has 0 fully saturated rings. The van der Waals surface area contributed by atoms with E-state index in [0.717, 1.165) is 6.54 Å². The van der Waals surface area contributed by atoms with Gasteiger partial charge in [0, 0.05) is 12.1 Å². The normalized spacial score (nSPS) is 10.9. The number of nitrogens with one attached hydrogen (secondary N) is 3. The Bertz CT molecular complexity index is 315. The van der Waals surface area contributed by atoms with Crippen molar-refractivity contribution in [3.8, 4) is 12.3 Å². The maximum Gasteiger partial charge on any atom is 0.242 e. The number of guanidine groups is 1. The van der Waals surface area contributed by atoms with Gasteiger partial charge in [0.1, 0.15) is 6.54 Å². The Morgan fingerprint density at radius 1 is 1.33 bits per heavy atom. The summed E-state index contributed by atoms with van der Waals surface area (Å²) in [4.78, 5) is 15.6. The number of hydrogen-bond acceptors (Lipinski definition) is 2. The lowest BCUT2D eigenvalue weighted by atomic mass is 10.1. The van der Waals surface area contributed by atoms with Crippen LogP contribution in [0.5, 0.6) is 0 Å². The molecule has 5 nitrogen and oxygen atoms in total. The third kappa shape index (κ3) is 11.5. The van der Waals surface area contributed by atoms with E-state index in [-0.39, 0.29) is 42.0 Å². The predicted octanol–water partition coefficient (Wildman–Crippen LogP) is 0.707. The minimum atomic E-state index is -0.239. The Balaban J connectivity index is 0. The topological polar surface area (TPSA) is 65.5 Å². The smallest absolute Gasteiger partial charge is 0.242 e. The molecule has 0 aliphatic heterocycles. The monoisotopic (exact) mass is 366 g/mol. The molecule has 104 valence electrons. The van der Waals surface area contributed by atoms with Crippen LogP contribution in [0.1, 0.15) is 27.7 Å². The predicted molar refractivity (Wildman–Crippen MR) is 86.1 cm³/mol. The number of hydrogen-bond donors (Lipinski definition) is 3. The number of carbonyl (C=O) groups is 1. The van der Waals surface area contributed by atoms with Gasteiger partial charge in [0.05, 0.1) is 6.54 Å². The summed E-state index contributed by atoms with van der Waals surface area (Å²) in [5, 5.41) is 8.74. The number of terminal acetylenes is 1. The number of halogens is 1. The number of carbonyl (C=O) groups excluding carboxylic acids is 1. The van der Waals surface area contributed by atoms with Crippen molar-refractivity contribution in [2.24, 2.45) is 4.99 Å². The van der Waals surface area contributed by atoms with E-state index < -0.39 is 0 Å². The Kier molecular flexibility index (Phi) is 10.8. The zero-order valence-electron chi connectivity index (χ0n) is 11.5. The van der Waals surface area contributed by atoms with Crippen molar-refractivity contribution in [1.82, 2.24) is 16.0 Å². The van der Waals surface area contributed by atoms with Gasteiger partial charge in [-0.1, -0.05) is 5.92 Å². The molecule has 18 heavy (non-hydrogen) atoms. The number of aliphatic imine (C=N–C) groups is 1. The summed E-state index contributed by atoms with van der Waals surface area (Å²) in [5.41, 5.74) is -0.239. The summed E-state index contributed by atoms with van der Waals surface area (Å²) < 4.78 is 0. The fourth-order valence-corrected chi connectivity index (χ4v) is 1.09. The van der Waals surface area contributed by atoms with Gasteiger partial charge in [-0.2, -0.15) is 0 Å². The molecular formula is C12H23IN4O. The molecule has 0 bridgehead atoms. The minimum absolute atomic E-state index is 0. The largest absolute Gasteiger partial charge is 0.357 e. The van der Waals surface area contributed by atoms with Crippen LogP contribution in [-0.2, 0) is 4.79 Å². The van der Waals surface area contributed by atoms with Gasteiger partial charge in [-0.25, -0.2) is 4.99 Å². The van der Waals surface area contributed by atoms with E-state index in [4.69, 9.17) is 6.42 Å². The van der Waals surface area contributed by atoms with Crippen LogP contribution in [0, 0.1) is 12.3 Å². The molecule has 1 amide bonds. The minimum Gasteiger partial charge on any atom is -0.357 e. The zero-order valence-corrected chi connectivity index (χ0v) is 13.8. The molecule has 0 atom stereocenters. The number of nitrogens with zero attached hydrogens (tertiary/aromatic N) is 1. The Morgan fingerprint density at radius 3 is 2.39 bits per heavy atom. The summed E-state index contributed by atoms with van der Waals surface area (Å²) in [6.07, 6.45) is 5.14. The molecule has 0 heterocycles. The van der Waals surface area contributed by atoms with Crippen molar-refractivity contribution in [3.05, 3.63) is 0 Å². The molecule has 0 spiro atoms. The third-order valence-corrected chi connectivity index (χ3v) is 1.60. The molecule has 0 saturated carbocycles. The lowest BCUT2D eigenvalue weighted by molar-refractivity contribution is -0.121. The summed E-state index contributed by atoms with van der Waals surface area (Å²) in [6.45, 7) is 8.91. The van der Waals surface area contributed by atoms with Crippen LogP contribution in [0.4, 0.5) is 0 Å². The molecule has 0 saturated heterocycles. The van der Waals surface area contributed by atoms with Gasteiger partial charge in [0.25, 0.3) is 0 Å². The first-order chi connectivity index (χ1) is 7.89. The molecule has 0 aromatic carbocycles. The molecule has 0 aromatic rings. The van der Waals surface area contributed by atoms with E-state index in [2.05, 4.69) is 26.9 Å². The highest BCUT2D eigenvalue weighted by molar-refractivity contribution is 14.0. The molecular weight excluding hydrogens is 343 g/mol. The molecule has 0 unspecified atom stereocenters. The van der Waals surface area contributed by atoms with E-state index in [1.54, 1.807) is 0 Å². The van der Waals surface area contributed by atoms with Gasteiger partial charge < -0.3 is 16.0 Å². The molecule has 3 N–H and O–H groups in total. The third-order valence-electron chi connectivity index (χ3n) is 1.60. The van der Waals surface area contributed by atoms with Crippen molar-refractivity contribution in [3.63, 3.8) is 0 Å². The van der Waals surface area contributed by atoms with Crippen molar-refractivity contribution in [1.29, 1.82) is 0 Å². The lowest BCUT2D eigenvalue weighted by Gasteiger charge is -2.19. The van der Waals surface area contributed by atoms with Gasteiger partial charge in [-0.3, -0.25) is 4.79 Å². The summed E-state index contributed by atoms with van der Waals surface area (Å²) >= 11 is 0. The van der Waals surface area contributed by atoms with Gasteiger partial charge in [0.2, 0.25) is 5.91 Å². The molecule has 0 radical (unpaired) electrons. The van der Waals surface area contributed by atoms with Gasteiger partial charge in [0.15, 0.2) is 5.96 Å². The number of rotatable bonds is 4. The van der Waals surface area contributed by atoms with E-state index in [9.17, 15) is 4.79 Å². The maximum atomic E-state index is 11.5. The van der Waals surface area contributed by atoms with Crippen molar-refractivity contribution in [2.45, 2.75) is 33.2 Å². The van der Waals surface area contributed by atoms with Gasteiger partial charge in [-0.15, -0.1) is 30.4 Å². The summed E-state index contributed by atoms with van der Waals surface area (Å²) in [5.74, 6) is 2.89. The Morgan fingerprint density at radius 2 is 1.94 bits per heavy atom. The van der Waals surface area contributed by atoms with Crippen LogP contribution < -0.4 is 16.0 Å². The van der Waals surface area contributed by atoms with E-state index in [1.807, 2.05) is 27.7 Å². The Hall–Kier alpha value is -0.970. The number of amides is 1. The quantitative estimate of drug-likeness (QED) is 0.297. The molecule has 0 aliphatic rings. The van der Waals surface area contributed by atoms with Crippen molar-refractivity contribution in [2.75, 3.05) is 19.6 Å². The highest BCUT2D eigenvalue weighted by Crippen LogP contribution is 1.97. The van der Waals surface area contributed by atoms with Gasteiger partial charge >= 0.3 is 0 Å². The second-order valence-corrected chi connectivity index (χ2v) is 4.55. The second-order valence-electron chi connectivity index (χ2n) is 4.55. The second kappa shape index (κ2) is 10.00. The first-order valence-electron chi connectivity index (χ1n) is 5.65. The van der Waals surface area contributed by atoms with Crippen LogP contribution in [0.3, 0.4) is 0 Å². The van der Waals surface area contributed by atoms with E-state index >= 15 is 0 Å². The summed E-state index contributed by atoms with van der Waals surface area (Å²) in [6, 6.07) is 0. The van der Waals surface area contributed by atoms with Crippen LogP contribution in [0.2, 0.25) is 0 Å². The first-order valence-corrected chi connectivity index (χ1v) is 5.65. The average Bonchev–Trinajstić information content (AvgIpc) is 2.19. The van der Waals surface area contributed by atoms with Crippen molar-refractivity contribution < 1.29 is 4.79 Å². The fraction of sp³-hybridized carbons (Fsp3) is 0.667. The Labute approximate surface area is 127 Å². The van der Waals surface area contributed by atoms with E-state index in [0.29, 0.717) is 12.5 Å². The molecule has 0 aliphatic carbocycles. The highest BCUT2D eigenvalue weighted by atomic mass is 127. The average molecular weight is 366 g/mol. The zero-order chi connectivity index (χ0) is 13.3. The highest BCUT2D eigenvalue weighted by Gasteiger charge is 2.12. The SMILES string of the molecule is C#CCNC(=NCC(=O)NC(C)(C)C)NCC.I. The fourth-order valence-electron chi connectivity index (χ4n) is 1.09. The van der Waals surface area contributed by atoms with Crippen LogP contribution in [-0.4, -0.2) is 37.0 Å². The summed E-state index contributed by atoms with van der Waals surface area (Å²) in [7, 11) is 0. The molecule has 6 heteroatoms. The van der Waals surface area contributed by atoms with Crippen LogP contribution in [0.25, 0.3) is 0 Å². The van der Waals surface area contributed by atoms with E-state index in [1.165, 1.54) is 0 Å². The lowest BCUT2D eigenvalue weighted by Crippen LogP contribution is -2.43.